The molecule has 5 rings (SSSR count). The monoisotopic (exact) mass is 582 g/mol. The summed E-state index contributed by atoms with van der Waals surface area (Å²) in [4.78, 5) is 30.2. The number of thioether (sulfide) groups is 1. The van der Waals surface area contributed by atoms with Gasteiger partial charge in [-0.25, -0.2) is 0 Å². The highest BCUT2D eigenvalue weighted by Gasteiger charge is 2.26. The van der Waals surface area contributed by atoms with Crippen molar-refractivity contribution in [3.63, 3.8) is 0 Å². The van der Waals surface area contributed by atoms with Crippen molar-refractivity contribution in [2.24, 2.45) is 0 Å². The summed E-state index contributed by atoms with van der Waals surface area (Å²) in [6.07, 6.45) is 0.788. The number of benzene rings is 3. The molecule has 41 heavy (non-hydrogen) atoms. The summed E-state index contributed by atoms with van der Waals surface area (Å²) in [7, 11) is 1.58. The van der Waals surface area contributed by atoms with Crippen molar-refractivity contribution in [1.29, 1.82) is 5.26 Å². The minimum absolute atomic E-state index is 0.168. The van der Waals surface area contributed by atoms with Gasteiger partial charge in [-0.05, 0) is 66.9 Å². The van der Waals surface area contributed by atoms with Crippen molar-refractivity contribution in [2.75, 3.05) is 24.3 Å². The molecule has 2 N–H and O–H groups in total. The van der Waals surface area contributed by atoms with Gasteiger partial charge in [0.25, 0.3) is 5.91 Å². The molecule has 0 radical (unpaired) electrons. The number of rotatable bonds is 9. The SMILES string of the molecule is COc1ccc(C(=O)Nc2cccc(SC(C)C(=O)Nc3sc4c(c3C#N)CCN(Cc3ccccc3)C4)c2)cc1. The fourth-order valence-electron chi connectivity index (χ4n) is 4.70. The van der Waals surface area contributed by atoms with Gasteiger partial charge in [0.1, 0.15) is 16.8 Å². The number of anilines is 2. The number of nitrogens with one attached hydrogen (secondary N) is 2. The third-order valence-electron chi connectivity index (χ3n) is 6.86. The van der Waals surface area contributed by atoms with E-state index in [1.54, 1.807) is 31.4 Å². The van der Waals surface area contributed by atoms with E-state index in [-0.39, 0.29) is 11.8 Å². The standard InChI is InChI=1S/C32H30N4O3S2/c1-21(40-26-10-6-9-24(17-26)34-31(38)23-11-13-25(39-2)14-12-23)30(37)35-32-28(18-33)27-15-16-36(20-29(27)41-32)19-22-7-4-3-5-8-22/h3-14,17,21H,15-16,19-20H2,1-2H3,(H,34,38)(H,35,37). The van der Waals surface area contributed by atoms with E-state index in [1.807, 2.05) is 49.4 Å². The Kier molecular flexibility index (Phi) is 9.04. The van der Waals surface area contributed by atoms with E-state index in [4.69, 9.17) is 4.74 Å². The second-order valence-electron chi connectivity index (χ2n) is 9.73. The predicted octanol–water partition coefficient (Wildman–Crippen LogP) is 6.56. The number of nitriles is 1. The molecule has 3 aromatic carbocycles. The van der Waals surface area contributed by atoms with E-state index in [0.29, 0.717) is 27.6 Å². The summed E-state index contributed by atoms with van der Waals surface area (Å²) in [5.41, 5.74) is 4.06. The fraction of sp³-hybridized carbons (Fsp3) is 0.219. The lowest BCUT2D eigenvalue weighted by atomic mass is 10.0. The number of methoxy groups -OCH3 is 1. The van der Waals surface area contributed by atoms with Crippen molar-refractivity contribution in [3.8, 4) is 11.8 Å². The molecular weight excluding hydrogens is 553 g/mol. The number of ether oxygens (including phenoxy) is 1. The van der Waals surface area contributed by atoms with Crippen LogP contribution in [0.1, 0.15) is 38.8 Å². The van der Waals surface area contributed by atoms with Crippen LogP contribution in [0.2, 0.25) is 0 Å². The molecule has 2 heterocycles. The van der Waals surface area contributed by atoms with Crippen LogP contribution in [-0.2, 0) is 24.3 Å². The number of fused-ring (bicyclic) bond motifs is 1. The number of carbonyl (C=O) groups is 2. The van der Waals surface area contributed by atoms with Crippen molar-refractivity contribution < 1.29 is 14.3 Å². The Labute approximate surface area is 248 Å². The Balaban J connectivity index is 1.20. The third kappa shape index (κ3) is 6.98. The van der Waals surface area contributed by atoms with Crippen molar-refractivity contribution in [1.82, 2.24) is 4.90 Å². The topological polar surface area (TPSA) is 94.5 Å². The highest BCUT2D eigenvalue weighted by Crippen LogP contribution is 2.37. The van der Waals surface area contributed by atoms with Crippen LogP contribution in [0.15, 0.2) is 83.8 Å². The quantitative estimate of drug-likeness (QED) is 0.217. The molecule has 0 aliphatic carbocycles. The predicted molar refractivity (Wildman–Crippen MR) is 165 cm³/mol. The normalized spacial score (nSPS) is 13.5. The van der Waals surface area contributed by atoms with E-state index in [0.717, 1.165) is 41.4 Å². The highest BCUT2D eigenvalue weighted by molar-refractivity contribution is 8.00. The molecule has 4 aromatic rings. The van der Waals surface area contributed by atoms with Crippen LogP contribution >= 0.6 is 23.1 Å². The molecular formula is C32H30N4O3S2. The maximum absolute atomic E-state index is 13.2. The van der Waals surface area contributed by atoms with Crippen LogP contribution in [0.25, 0.3) is 0 Å². The first-order valence-electron chi connectivity index (χ1n) is 13.3. The number of hydrogen-bond donors (Lipinski definition) is 2. The molecule has 0 bridgehead atoms. The first-order valence-corrected chi connectivity index (χ1v) is 15.0. The van der Waals surface area contributed by atoms with Gasteiger partial charge in [-0.1, -0.05) is 36.4 Å². The molecule has 0 saturated carbocycles. The second-order valence-corrected chi connectivity index (χ2v) is 12.2. The highest BCUT2D eigenvalue weighted by atomic mass is 32.2. The van der Waals surface area contributed by atoms with Crippen LogP contribution in [0.3, 0.4) is 0 Å². The van der Waals surface area contributed by atoms with Crippen LogP contribution in [0.5, 0.6) is 5.75 Å². The summed E-state index contributed by atoms with van der Waals surface area (Å²) in [5, 5.41) is 16.0. The third-order valence-corrected chi connectivity index (χ3v) is 9.09. The van der Waals surface area contributed by atoms with Crippen molar-refractivity contribution >= 4 is 45.6 Å². The second kappa shape index (κ2) is 13.0. The van der Waals surface area contributed by atoms with E-state index in [1.165, 1.54) is 28.7 Å². The summed E-state index contributed by atoms with van der Waals surface area (Å²) in [5.74, 6) is 0.286. The van der Waals surface area contributed by atoms with E-state index in [2.05, 4.69) is 33.7 Å². The van der Waals surface area contributed by atoms with E-state index in [9.17, 15) is 14.9 Å². The van der Waals surface area contributed by atoms with Gasteiger partial charge in [0, 0.05) is 40.7 Å². The zero-order valence-electron chi connectivity index (χ0n) is 22.8. The number of hydrogen-bond acceptors (Lipinski definition) is 7. The largest absolute Gasteiger partial charge is 0.497 e. The van der Waals surface area contributed by atoms with Crippen LogP contribution in [0, 0.1) is 11.3 Å². The molecule has 1 unspecified atom stereocenters. The molecule has 0 spiro atoms. The molecule has 2 amide bonds. The van der Waals surface area contributed by atoms with Gasteiger partial charge < -0.3 is 15.4 Å². The Hall–Kier alpha value is -4.10. The Morgan fingerprint density at radius 1 is 1.07 bits per heavy atom. The molecule has 7 nitrogen and oxygen atoms in total. The van der Waals surface area contributed by atoms with Gasteiger partial charge in [0.2, 0.25) is 5.91 Å². The summed E-state index contributed by atoms with van der Waals surface area (Å²) in [6.45, 7) is 4.33. The Morgan fingerprint density at radius 3 is 2.59 bits per heavy atom. The van der Waals surface area contributed by atoms with Crippen LogP contribution < -0.4 is 15.4 Å². The molecule has 1 atom stereocenters. The summed E-state index contributed by atoms with van der Waals surface area (Å²) < 4.78 is 5.15. The number of carbonyl (C=O) groups excluding carboxylic acids is 2. The van der Waals surface area contributed by atoms with Gasteiger partial charge in [-0.3, -0.25) is 14.5 Å². The maximum Gasteiger partial charge on any atom is 0.255 e. The van der Waals surface area contributed by atoms with Gasteiger partial charge in [-0.2, -0.15) is 5.26 Å². The molecule has 208 valence electrons. The Bertz CT molecular complexity index is 1580. The van der Waals surface area contributed by atoms with Gasteiger partial charge in [0.15, 0.2) is 0 Å². The number of nitrogens with zero attached hydrogens (tertiary/aromatic N) is 2. The molecule has 1 aliphatic rings. The summed E-state index contributed by atoms with van der Waals surface area (Å²) >= 11 is 2.90. The van der Waals surface area contributed by atoms with Crippen LogP contribution in [-0.4, -0.2) is 35.6 Å². The van der Waals surface area contributed by atoms with Crippen molar-refractivity contribution in [3.05, 3.63) is 106 Å². The molecule has 1 aromatic heterocycles. The number of thiophene rings is 1. The number of amides is 2. The maximum atomic E-state index is 13.2. The lowest BCUT2D eigenvalue weighted by molar-refractivity contribution is -0.115. The zero-order chi connectivity index (χ0) is 28.8. The van der Waals surface area contributed by atoms with Crippen LogP contribution in [0.4, 0.5) is 10.7 Å². The molecule has 9 heteroatoms. The lowest BCUT2D eigenvalue weighted by Crippen LogP contribution is -2.29. The minimum atomic E-state index is -0.414. The first kappa shape index (κ1) is 28.4. The van der Waals surface area contributed by atoms with Crippen molar-refractivity contribution in [2.45, 2.75) is 36.6 Å². The fourth-order valence-corrected chi connectivity index (χ4v) is 6.87. The van der Waals surface area contributed by atoms with Gasteiger partial charge >= 0.3 is 0 Å². The average molecular weight is 583 g/mol. The lowest BCUT2D eigenvalue weighted by Gasteiger charge is -2.26. The van der Waals surface area contributed by atoms with Gasteiger partial charge in [0.05, 0.1) is 17.9 Å². The van der Waals surface area contributed by atoms with E-state index < -0.39 is 5.25 Å². The average Bonchev–Trinajstić information content (AvgIpc) is 3.33. The minimum Gasteiger partial charge on any atom is -0.497 e. The zero-order valence-corrected chi connectivity index (χ0v) is 24.5. The molecule has 0 fully saturated rings. The summed E-state index contributed by atoms with van der Waals surface area (Å²) in [6, 6.07) is 27.0. The Morgan fingerprint density at radius 2 is 1.85 bits per heavy atom. The first-order chi connectivity index (χ1) is 19.9. The molecule has 0 saturated heterocycles. The van der Waals surface area contributed by atoms with E-state index >= 15 is 0 Å². The smallest absolute Gasteiger partial charge is 0.255 e. The van der Waals surface area contributed by atoms with Gasteiger partial charge in [-0.15, -0.1) is 23.1 Å². The molecule has 1 aliphatic heterocycles.